The second-order valence-electron chi connectivity index (χ2n) is 6.92. The van der Waals surface area contributed by atoms with E-state index < -0.39 is 29.3 Å². The van der Waals surface area contributed by atoms with Gasteiger partial charge in [0, 0.05) is 25.5 Å². The molecule has 1 saturated heterocycles. The molecule has 0 saturated carbocycles. The minimum atomic E-state index is -0.825. The highest BCUT2D eigenvalue weighted by Gasteiger charge is 2.46. The minimum Gasteiger partial charge on any atom is -0.507 e. The van der Waals surface area contributed by atoms with Crippen LogP contribution in [0.4, 0.5) is 4.39 Å². The van der Waals surface area contributed by atoms with E-state index in [0.29, 0.717) is 12.1 Å². The first-order valence-corrected chi connectivity index (χ1v) is 9.02. The maximum Gasteiger partial charge on any atom is 0.295 e. The van der Waals surface area contributed by atoms with Crippen LogP contribution < -0.4 is 4.74 Å². The Hall–Kier alpha value is -3.26. The van der Waals surface area contributed by atoms with Crippen LogP contribution in [0.5, 0.6) is 5.75 Å². The predicted molar refractivity (Wildman–Crippen MR) is 105 cm³/mol. The van der Waals surface area contributed by atoms with Gasteiger partial charge in [0.1, 0.15) is 17.3 Å². The Labute approximate surface area is 168 Å². The number of hydrogen-bond acceptors (Lipinski definition) is 6. The molecule has 29 heavy (non-hydrogen) atoms. The van der Waals surface area contributed by atoms with Crippen molar-refractivity contribution in [2.75, 3.05) is 34.3 Å². The summed E-state index contributed by atoms with van der Waals surface area (Å²) in [6.45, 7) is 0.805. The lowest BCUT2D eigenvalue weighted by Crippen LogP contribution is -2.35. The number of rotatable bonds is 6. The Balaban J connectivity index is 2.19. The van der Waals surface area contributed by atoms with Crippen molar-refractivity contribution in [1.29, 1.82) is 0 Å². The topological polar surface area (TPSA) is 83.0 Å². The number of Topliss-reactive ketones (excluding diaryl/α,β-unsaturated/α-hetero) is 1. The summed E-state index contributed by atoms with van der Waals surface area (Å²) in [7, 11) is 5.09. The number of ketones is 1. The fourth-order valence-corrected chi connectivity index (χ4v) is 3.32. The van der Waals surface area contributed by atoms with Gasteiger partial charge in [0.25, 0.3) is 11.7 Å². The summed E-state index contributed by atoms with van der Waals surface area (Å²) in [5.74, 6) is -2.43. The minimum absolute atomic E-state index is 0.0113. The average Bonchev–Trinajstić information content (AvgIpc) is 2.97. The number of aromatic nitrogens is 1. The molecule has 7 nitrogen and oxygen atoms in total. The number of halogens is 1. The van der Waals surface area contributed by atoms with E-state index in [-0.39, 0.29) is 23.4 Å². The highest BCUT2D eigenvalue weighted by Crippen LogP contribution is 2.40. The number of nitrogens with zero attached hydrogens (tertiary/aromatic N) is 3. The van der Waals surface area contributed by atoms with Gasteiger partial charge in [0.05, 0.1) is 24.3 Å². The van der Waals surface area contributed by atoms with Crippen LogP contribution in [0.2, 0.25) is 0 Å². The molecule has 1 amide bonds. The summed E-state index contributed by atoms with van der Waals surface area (Å²) in [5.41, 5.74) is 0.524. The van der Waals surface area contributed by atoms with Gasteiger partial charge in [-0.1, -0.05) is 0 Å². The van der Waals surface area contributed by atoms with E-state index in [2.05, 4.69) is 4.98 Å². The van der Waals surface area contributed by atoms with Gasteiger partial charge >= 0.3 is 0 Å². The zero-order valence-electron chi connectivity index (χ0n) is 16.4. The monoisotopic (exact) mass is 399 g/mol. The summed E-state index contributed by atoms with van der Waals surface area (Å²) in [4.78, 5) is 32.9. The number of carbonyl (C=O) groups is 2. The van der Waals surface area contributed by atoms with Gasteiger partial charge in [-0.15, -0.1) is 0 Å². The molecule has 1 fully saturated rings. The van der Waals surface area contributed by atoms with Crippen molar-refractivity contribution < 1.29 is 23.8 Å². The summed E-state index contributed by atoms with van der Waals surface area (Å²) in [6, 6.07) is 6.15. The third kappa shape index (κ3) is 3.97. The molecule has 0 spiro atoms. The SMILES string of the molecule is COc1ccc(F)cc1/C(O)=C1\C(=O)C(=O)N(CCN(C)C)[C@@H]1c1ccncc1. The van der Waals surface area contributed by atoms with E-state index in [4.69, 9.17) is 4.74 Å². The van der Waals surface area contributed by atoms with E-state index >= 15 is 0 Å². The third-order valence-corrected chi connectivity index (χ3v) is 4.77. The van der Waals surface area contributed by atoms with Gasteiger partial charge in [-0.25, -0.2) is 4.39 Å². The Morgan fingerprint density at radius 3 is 2.55 bits per heavy atom. The van der Waals surface area contributed by atoms with Crippen LogP contribution in [0.3, 0.4) is 0 Å². The van der Waals surface area contributed by atoms with Crippen LogP contribution >= 0.6 is 0 Å². The van der Waals surface area contributed by atoms with Crippen molar-refractivity contribution in [2.24, 2.45) is 0 Å². The number of likely N-dealkylation sites (N-methyl/N-ethyl adjacent to an activating group) is 1. The van der Waals surface area contributed by atoms with E-state index in [1.54, 1.807) is 24.5 Å². The third-order valence-electron chi connectivity index (χ3n) is 4.77. The van der Waals surface area contributed by atoms with Crippen LogP contribution in [0.1, 0.15) is 17.2 Å². The number of likely N-dealkylation sites (tertiary alicyclic amines) is 1. The van der Waals surface area contributed by atoms with Crippen molar-refractivity contribution in [1.82, 2.24) is 14.8 Å². The molecular formula is C21H22FN3O4. The molecule has 0 bridgehead atoms. The summed E-state index contributed by atoms with van der Waals surface area (Å²) in [6.07, 6.45) is 3.09. The largest absolute Gasteiger partial charge is 0.507 e. The molecule has 0 unspecified atom stereocenters. The van der Waals surface area contributed by atoms with Crippen LogP contribution in [0, 0.1) is 5.82 Å². The van der Waals surface area contributed by atoms with Crippen molar-refractivity contribution in [2.45, 2.75) is 6.04 Å². The number of amides is 1. The van der Waals surface area contributed by atoms with Gasteiger partial charge in [-0.05, 0) is 50.0 Å². The fraction of sp³-hybridized carbons (Fsp3) is 0.286. The number of hydrogen-bond donors (Lipinski definition) is 1. The number of aliphatic hydroxyl groups excluding tert-OH is 1. The lowest BCUT2D eigenvalue weighted by atomic mass is 9.95. The second kappa shape index (κ2) is 8.40. The molecule has 1 aromatic heterocycles. The molecule has 8 heteroatoms. The van der Waals surface area contributed by atoms with Gasteiger partial charge in [0.2, 0.25) is 0 Å². The molecule has 1 aliphatic heterocycles. The molecule has 1 N–H and O–H groups in total. The maximum absolute atomic E-state index is 13.8. The normalized spacial score (nSPS) is 18.5. The van der Waals surface area contributed by atoms with E-state index in [1.807, 2.05) is 19.0 Å². The summed E-state index contributed by atoms with van der Waals surface area (Å²) < 4.78 is 19.0. The quantitative estimate of drug-likeness (QED) is 0.456. The van der Waals surface area contributed by atoms with E-state index in [0.717, 1.165) is 6.07 Å². The first-order valence-electron chi connectivity index (χ1n) is 9.02. The van der Waals surface area contributed by atoms with Crippen molar-refractivity contribution in [3.8, 4) is 5.75 Å². The Kier molecular flexibility index (Phi) is 5.93. The van der Waals surface area contributed by atoms with Gasteiger partial charge in [-0.2, -0.15) is 0 Å². The molecule has 2 aromatic rings. The van der Waals surface area contributed by atoms with E-state index in [1.165, 1.54) is 24.1 Å². The average molecular weight is 399 g/mol. The van der Waals surface area contributed by atoms with E-state index in [9.17, 15) is 19.1 Å². The smallest absolute Gasteiger partial charge is 0.295 e. The van der Waals surface area contributed by atoms with Crippen LogP contribution in [0.15, 0.2) is 48.3 Å². The molecular weight excluding hydrogens is 377 g/mol. The van der Waals surface area contributed by atoms with Crippen molar-refractivity contribution in [3.05, 3.63) is 65.2 Å². The predicted octanol–water partition coefficient (Wildman–Crippen LogP) is 2.21. The lowest BCUT2D eigenvalue weighted by molar-refractivity contribution is -0.140. The Morgan fingerprint density at radius 2 is 1.93 bits per heavy atom. The molecule has 1 aliphatic rings. The number of methoxy groups -OCH3 is 1. The lowest BCUT2D eigenvalue weighted by Gasteiger charge is -2.26. The first kappa shape index (κ1) is 20.5. The number of benzene rings is 1. The zero-order chi connectivity index (χ0) is 21.1. The molecule has 1 atom stereocenters. The van der Waals surface area contributed by atoms with Gasteiger partial charge in [-0.3, -0.25) is 14.6 Å². The van der Waals surface area contributed by atoms with Crippen LogP contribution in [0.25, 0.3) is 5.76 Å². The molecule has 2 heterocycles. The number of aliphatic hydroxyl groups is 1. The van der Waals surface area contributed by atoms with Crippen LogP contribution in [-0.4, -0.2) is 65.9 Å². The highest BCUT2D eigenvalue weighted by molar-refractivity contribution is 6.46. The molecule has 1 aromatic carbocycles. The Morgan fingerprint density at radius 1 is 1.24 bits per heavy atom. The van der Waals surface area contributed by atoms with Crippen molar-refractivity contribution >= 4 is 17.4 Å². The molecule has 0 radical (unpaired) electrons. The van der Waals surface area contributed by atoms with Crippen molar-refractivity contribution in [3.63, 3.8) is 0 Å². The van der Waals surface area contributed by atoms with Crippen LogP contribution in [-0.2, 0) is 9.59 Å². The summed E-state index contributed by atoms with van der Waals surface area (Å²) >= 11 is 0. The first-order chi connectivity index (χ1) is 13.8. The molecule has 152 valence electrons. The fourth-order valence-electron chi connectivity index (χ4n) is 3.32. The number of ether oxygens (including phenoxy) is 1. The Bertz CT molecular complexity index is 960. The standard InChI is InChI=1S/C21H22FN3O4/c1-24(2)10-11-25-18(13-6-8-23-9-7-13)17(20(27)21(25)28)19(26)15-12-14(22)4-5-16(15)29-3/h4-9,12,18,26H,10-11H2,1-3H3/b19-17+/t18-/m1/s1. The number of pyridine rings is 1. The highest BCUT2D eigenvalue weighted by atomic mass is 19.1. The molecule has 3 rings (SSSR count). The zero-order valence-corrected chi connectivity index (χ0v) is 16.4. The van der Waals surface area contributed by atoms with Gasteiger partial charge in [0.15, 0.2) is 0 Å². The summed E-state index contributed by atoms with van der Waals surface area (Å²) in [5, 5.41) is 11.0. The maximum atomic E-state index is 13.8. The molecule has 0 aliphatic carbocycles. The number of carbonyl (C=O) groups excluding carboxylic acids is 2. The van der Waals surface area contributed by atoms with Gasteiger partial charge < -0.3 is 19.6 Å². The second-order valence-corrected chi connectivity index (χ2v) is 6.92.